The Morgan fingerprint density at radius 2 is 2.15 bits per heavy atom. The number of ether oxygens (including phenoxy) is 1. The number of aromatic nitrogens is 1. The van der Waals surface area contributed by atoms with Gasteiger partial charge in [0.2, 0.25) is 0 Å². The molecule has 0 atom stereocenters. The van der Waals surface area contributed by atoms with Crippen molar-refractivity contribution in [1.29, 1.82) is 0 Å². The molecule has 0 aliphatic heterocycles. The number of benzene rings is 1. The monoisotopic (exact) mass is 372 g/mol. The first kappa shape index (κ1) is 17.9. The molecular weight excluding hydrogens is 356 g/mol. The normalized spacial score (nSPS) is 10.7. The lowest BCUT2D eigenvalue weighted by Gasteiger charge is -2.10. The van der Waals surface area contributed by atoms with Crippen LogP contribution in [0.5, 0.6) is 5.75 Å². The van der Waals surface area contributed by atoms with Gasteiger partial charge in [-0.05, 0) is 30.2 Å². The van der Waals surface area contributed by atoms with E-state index in [1.807, 2.05) is 6.92 Å². The van der Waals surface area contributed by atoms with Gasteiger partial charge < -0.3 is 14.5 Å². The van der Waals surface area contributed by atoms with Crippen molar-refractivity contribution >= 4 is 34.3 Å². The Hall–Kier alpha value is -2.86. The molecule has 6 nitrogen and oxygen atoms in total. The SMILES string of the molecule is CCCc1cc(=O)oc2cc(OCC(=O)Nc3ccccn3)c(Cl)cc12. The maximum atomic E-state index is 12.0. The fourth-order valence-corrected chi connectivity index (χ4v) is 2.79. The summed E-state index contributed by atoms with van der Waals surface area (Å²) in [4.78, 5) is 27.7. The standard InChI is InChI=1S/C19H17ClN2O4/c1-2-5-12-8-19(24)26-15-10-16(14(20)9-13(12)15)25-11-18(23)22-17-6-3-4-7-21-17/h3-4,6-10H,2,5,11H2,1H3,(H,21,22,23). The van der Waals surface area contributed by atoms with E-state index < -0.39 is 5.63 Å². The Balaban J connectivity index is 1.79. The minimum Gasteiger partial charge on any atom is -0.482 e. The van der Waals surface area contributed by atoms with Gasteiger partial charge in [0.25, 0.3) is 5.91 Å². The van der Waals surface area contributed by atoms with Gasteiger partial charge in [0.1, 0.15) is 17.2 Å². The molecule has 3 rings (SSSR count). The second kappa shape index (κ2) is 8.01. The lowest BCUT2D eigenvalue weighted by atomic mass is 10.1. The van der Waals surface area contributed by atoms with Crippen molar-refractivity contribution in [3.8, 4) is 5.75 Å². The Morgan fingerprint density at radius 1 is 1.31 bits per heavy atom. The number of pyridine rings is 1. The molecule has 0 saturated carbocycles. The molecule has 2 aromatic heterocycles. The molecule has 0 fully saturated rings. The number of nitrogens with zero attached hydrogens (tertiary/aromatic N) is 1. The van der Waals surface area contributed by atoms with Crippen LogP contribution in [0.4, 0.5) is 5.82 Å². The first-order valence-electron chi connectivity index (χ1n) is 8.17. The van der Waals surface area contributed by atoms with E-state index in [0.717, 1.165) is 23.8 Å². The molecule has 2 heterocycles. The highest BCUT2D eigenvalue weighted by Crippen LogP contribution is 2.31. The van der Waals surface area contributed by atoms with Gasteiger partial charge in [0, 0.05) is 23.7 Å². The van der Waals surface area contributed by atoms with Gasteiger partial charge in [0.05, 0.1) is 5.02 Å². The largest absolute Gasteiger partial charge is 0.482 e. The number of fused-ring (bicyclic) bond motifs is 1. The molecule has 3 aromatic rings. The number of anilines is 1. The summed E-state index contributed by atoms with van der Waals surface area (Å²) in [6.07, 6.45) is 3.21. The zero-order valence-electron chi connectivity index (χ0n) is 14.1. The van der Waals surface area contributed by atoms with Crippen LogP contribution in [-0.4, -0.2) is 17.5 Å². The van der Waals surface area contributed by atoms with Gasteiger partial charge >= 0.3 is 5.63 Å². The molecule has 0 bridgehead atoms. The van der Waals surface area contributed by atoms with Crippen molar-refractivity contribution in [2.45, 2.75) is 19.8 Å². The molecule has 7 heteroatoms. The molecule has 0 unspecified atom stereocenters. The molecule has 1 N–H and O–H groups in total. The molecule has 134 valence electrons. The topological polar surface area (TPSA) is 81.4 Å². The second-order valence-electron chi connectivity index (χ2n) is 5.67. The number of aryl methyl sites for hydroxylation is 1. The third kappa shape index (κ3) is 4.21. The highest BCUT2D eigenvalue weighted by Gasteiger charge is 2.12. The molecule has 0 spiro atoms. The molecule has 0 aliphatic carbocycles. The summed E-state index contributed by atoms with van der Waals surface area (Å²) in [6, 6.07) is 9.89. The van der Waals surface area contributed by atoms with E-state index in [9.17, 15) is 9.59 Å². The molecule has 26 heavy (non-hydrogen) atoms. The summed E-state index contributed by atoms with van der Waals surface area (Å²) >= 11 is 6.27. The van der Waals surface area contributed by atoms with Crippen LogP contribution >= 0.6 is 11.6 Å². The third-order valence-corrected chi connectivity index (χ3v) is 3.99. The number of carbonyl (C=O) groups excluding carboxylic acids is 1. The van der Waals surface area contributed by atoms with Crippen molar-refractivity contribution in [3.05, 3.63) is 63.6 Å². The van der Waals surface area contributed by atoms with Gasteiger partial charge in [-0.2, -0.15) is 0 Å². The zero-order valence-corrected chi connectivity index (χ0v) is 14.9. The average molecular weight is 373 g/mol. The van der Waals surface area contributed by atoms with Gasteiger partial charge in [-0.15, -0.1) is 0 Å². The average Bonchev–Trinajstić information content (AvgIpc) is 2.62. The fraction of sp³-hybridized carbons (Fsp3) is 0.211. The summed E-state index contributed by atoms with van der Waals surface area (Å²) < 4.78 is 10.7. The van der Waals surface area contributed by atoms with Crippen molar-refractivity contribution < 1.29 is 13.9 Å². The fourth-order valence-electron chi connectivity index (χ4n) is 2.57. The van der Waals surface area contributed by atoms with Gasteiger partial charge in [0.15, 0.2) is 6.61 Å². The first-order chi connectivity index (χ1) is 12.6. The molecule has 1 amide bonds. The van der Waals surface area contributed by atoms with Gasteiger partial charge in [-0.1, -0.05) is 31.0 Å². The summed E-state index contributed by atoms with van der Waals surface area (Å²) in [5.74, 6) is 0.328. The highest BCUT2D eigenvalue weighted by molar-refractivity contribution is 6.32. The van der Waals surface area contributed by atoms with Crippen LogP contribution < -0.4 is 15.7 Å². The predicted molar refractivity (Wildman–Crippen MR) is 99.9 cm³/mol. The van der Waals surface area contributed by atoms with Crippen molar-refractivity contribution in [3.63, 3.8) is 0 Å². The summed E-state index contributed by atoms with van der Waals surface area (Å²) in [6.45, 7) is 1.78. The summed E-state index contributed by atoms with van der Waals surface area (Å²) in [5.41, 5.74) is 0.827. The number of halogens is 1. The number of nitrogens with one attached hydrogen (secondary N) is 1. The Morgan fingerprint density at radius 3 is 2.88 bits per heavy atom. The van der Waals surface area contributed by atoms with E-state index in [1.165, 1.54) is 12.1 Å². The van der Waals surface area contributed by atoms with Crippen LogP contribution in [0.1, 0.15) is 18.9 Å². The minimum absolute atomic E-state index is 0.249. The molecule has 0 radical (unpaired) electrons. The van der Waals surface area contributed by atoms with Crippen molar-refractivity contribution in [2.24, 2.45) is 0 Å². The zero-order chi connectivity index (χ0) is 18.5. The van der Waals surface area contributed by atoms with E-state index in [-0.39, 0.29) is 18.3 Å². The van der Waals surface area contributed by atoms with Crippen LogP contribution in [0.2, 0.25) is 5.02 Å². The Kier molecular flexibility index (Phi) is 5.53. The van der Waals surface area contributed by atoms with Crippen LogP contribution in [0, 0.1) is 0 Å². The maximum Gasteiger partial charge on any atom is 0.336 e. The minimum atomic E-state index is -0.429. The molecule has 0 saturated heterocycles. The molecule has 0 aliphatic rings. The van der Waals surface area contributed by atoms with Gasteiger partial charge in [-0.3, -0.25) is 4.79 Å². The van der Waals surface area contributed by atoms with E-state index >= 15 is 0 Å². The van der Waals surface area contributed by atoms with E-state index in [0.29, 0.717) is 16.4 Å². The van der Waals surface area contributed by atoms with Gasteiger partial charge in [-0.25, -0.2) is 9.78 Å². The first-order valence-corrected chi connectivity index (χ1v) is 8.54. The molecule has 1 aromatic carbocycles. The highest BCUT2D eigenvalue weighted by atomic mass is 35.5. The molecular formula is C19H17ClN2O4. The van der Waals surface area contributed by atoms with Crippen molar-refractivity contribution in [2.75, 3.05) is 11.9 Å². The predicted octanol–water partition coefficient (Wildman–Crippen LogP) is 3.81. The Bertz CT molecular complexity index is 986. The Labute approximate surface area is 154 Å². The number of hydrogen-bond acceptors (Lipinski definition) is 5. The second-order valence-corrected chi connectivity index (χ2v) is 6.08. The number of carbonyl (C=O) groups is 1. The number of amides is 1. The summed E-state index contributed by atoms with van der Waals surface area (Å²) in [7, 11) is 0. The van der Waals surface area contributed by atoms with Crippen LogP contribution in [0.15, 0.2) is 51.8 Å². The van der Waals surface area contributed by atoms with E-state index in [2.05, 4.69) is 10.3 Å². The van der Waals surface area contributed by atoms with Crippen LogP contribution in [-0.2, 0) is 11.2 Å². The lowest BCUT2D eigenvalue weighted by molar-refractivity contribution is -0.118. The smallest absolute Gasteiger partial charge is 0.336 e. The summed E-state index contributed by atoms with van der Waals surface area (Å²) in [5, 5.41) is 3.72. The van der Waals surface area contributed by atoms with Crippen molar-refractivity contribution in [1.82, 2.24) is 4.98 Å². The van der Waals surface area contributed by atoms with E-state index in [1.54, 1.807) is 30.5 Å². The quantitative estimate of drug-likeness (QED) is 0.665. The number of hydrogen-bond donors (Lipinski definition) is 1. The van der Waals surface area contributed by atoms with E-state index in [4.69, 9.17) is 20.8 Å². The number of rotatable bonds is 6. The third-order valence-electron chi connectivity index (χ3n) is 3.69. The van der Waals surface area contributed by atoms with Crippen LogP contribution in [0.3, 0.4) is 0 Å². The lowest BCUT2D eigenvalue weighted by Crippen LogP contribution is -2.20. The van der Waals surface area contributed by atoms with Crippen LogP contribution in [0.25, 0.3) is 11.0 Å². The maximum absolute atomic E-state index is 12.0.